The Bertz CT molecular complexity index is 1010. The summed E-state index contributed by atoms with van der Waals surface area (Å²) in [6, 6.07) is 11.9. The van der Waals surface area contributed by atoms with Gasteiger partial charge in [-0.1, -0.05) is 45.9 Å². The fourth-order valence-corrected chi connectivity index (χ4v) is 5.16. The average Bonchev–Trinajstić information content (AvgIpc) is 3.16. The van der Waals surface area contributed by atoms with Gasteiger partial charge in [-0.15, -0.1) is 0 Å². The molecule has 0 aromatic heterocycles. The van der Waals surface area contributed by atoms with E-state index in [1.807, 2.05) is 24.3 Å². The van der Waals surface area contributed by atoms with Crippen LogP contribution < -0.4 is 0 Å². The summed E-state index contributed by atoms with van der Waals surface area (Å²) >= 11 is 12.4. The van der Waals surface area contributed by atoms with E-state index in [9.17, 15) is 13.2 Å². The van der Waals surface area contributed by atoms with Gasteiger partial charge >= 0.3 is 0 Å². The molecule has 1 aliphatic rings. The zero-order valence-electron chi connectivity index (χ0n) is 16.1. The van der Waals surface area contributed by atoms with Crippen LogP contribution in [0.25, 0.3) is 0 Å². The van der Waals surface area contributed by atoms with Crippen molar-refractivity contribution in [1.82, 2.24) is 9.37 Å². The van der Waals surface area contributed by atoms with E-state index in [-0.39, 0.29) is 27.4 Å². The minimum absolute atomic E-state index is 0.000200. The van der Waals surface area contributed by atoms with Crippen LogP contribution >= 0.6 is 23.2 Å². The summed E-state index contributed by atoms with van der Waals surface area (Å²) < 4.78 is 25.9. The van der Waals surface area contributed by atoms with Crippen LogP contribution in [-0.4, -0.2) is 50.4 Å². The zero-order valence-corrected chi connectivity index (χ0v) is 18.5. The van der Waals surface area contributed by atoms with Gasteiger partial charge in [0.05, 0.1) is 12.1 Å². The molecule has 6 nitrogen and oxygen atoms in total. The summed E-state index contributed by atoms with van der Waals surface area (Å²) in [6.07, 6.45) is 2.39. The van der Waals surface area contributed by atoms with Crippen molar-refractivity contribution >= 4 is 39.1 Å². The van der Waals surface area contributed by atoms with Crippen molar-refractivity contribution < 1.29 is 18.0 Å². The van der Waals surface area contributed by atoms with Gasteiger partial charge in [-0.3, -0.25) is 9.63 Å². The number of nitrogens with zero attached hydrogens (tertiary/aromatic N) is 2. The molecule has 1 atom stereocenters. The third-order valence-electron chi connectivity index (χ3n) is 5.10. The predicted octanol–water partition coefficient (Wildman–Crippen LogP) is 4.02. The first-order chi connectivity index (χ1) is 13.8. The lowest BCUT2D eigenvalue weighted by atomic mass is 10.0. The van der Waals surface area contributed by atoms with E-state index < -0.39 is 10.0 Å². The smallest absolute Gasteiger partial charge is 0.266 e. The first kappa shape index (κ1) is 22.1. The Morgan fingerprint density at radius 3 is 2.62 bits per heavy atom. The van der Waals surface area contributed by atoms with Crippen LogP contribution in [-0.2, 0) is 21.3 Å². The number of carbonyl (C=O) groups excluding carboxylic acids is 1. The largest absolute Gasteiger partial charge is 0.335 e. The van der Waals surface area contributed by atoms with E-state index in [2.05, 4.69) is 0 Å². The Balaban J connectivity index is 1.88. The van der Waals surface area contributed by atoms with Gasteiger partial charge in [-0.25, -0.2) is 8.42 Å². The number of hydroxylamine groups is 1. The second-order valence-corrected chi connectivity index (χ2v) is 9.55. The molecule has 1 heterocycles. The lowest BCUT2D eigenvalue weighted by Gasteiger charge is -2.25. The number of carbonyl (C=O) groups is 1. The molecule has 1 saturated heterocycles. The van der Waals surface area contributed by atoms with E-state index in [1.165, 1.54) is 26.3 Å². The molecule has 0 aliphatic carbocycles. The van der Waals surface area contributed by atoms with Gasteiger partial charge in [-0.2, -0.15) is 0 Å². The van der Waals surface area contributed by atoms with Crippen LogP contribution in [0.2, 0.25) is 10.0 Å². The van der Waals surface area contributed by atoms with Crippen molar-refractivity contribution in [1.29, 1.82) is 0 Å². The van der Waals surface area contributed by atoms with Crippen molar-refractivity contribution in [2.45, 2.75) is 30.2 Å². The van der Waals surface area contributed by atoms with Gasteiger partial charge in [0.15, 0.2) is 0 Å². The molecule has 0 N–H and O–H groups in total. The highest BCUT2D eigenvalue weighted by Crippen LogP contribution is 2.29. The Hall–Kier alpha value is -1.64. The molecular formula is C20H22Cl2N2O4S. The van der Waals surface area contributed by atoms with Crippen LogP contribution in [0.1, 0.15) is 28.8 Å². The zero-order chi connectivity index (χ0) is 21.2. The van der Waals surface area contributed by atoms with Crippen LogP contribution in [0.5, 0.6) is 0 Å². The highest BCUT2D eigenvalue weighted by Gasteiger charge is 2.31. The number of likely N-dealkylation sites (tertiary alicyclic amines) is 1. The van der Waals surface area contributed by atoms with Crippen LogP contribution in [0.4, 0.5) is 0 Å². The summed E-state index contributed by atoms with van der Waals surface area (Å²) in [5.41, 5.74) is 1.25. The van der Waals surface area contributed by atoms with Gasteiger partial charge in [0.1, 0.15) is 4.90 Å². The number of amides is 1. The van der Waals surface area contributed by atoms with Gasteiger partial charge in [0, 0.05) is 30.2 Å². The SMILES string of the molecule is CON(C)S(=O)(=O)c1cc(C(=O)N2CCCC2Cc2ccccc2Cl)ccc1Cl. The topological polar surface area (TPSA) is 66.9 Å². The molecule has 0 saturated carbocycles. The molecule has 3 rings (SSSR count). The Labute approximate surface area is 181 Å². The van der Waals surface area contributed by atoms with E-state index in [0.29, 0.717) is 22.5 Å². The summed E-state index contributed by atoms with van der Waals surface area (Å²) in [5.74, 6) is -0.229. The molecule has 2 aromatic carbocycles. The molecule has 156 valence electrons. The monoisotopic (exact) mass is 456 g/mol. The van der Waals surface area contributed by atoms with Crippen molar-refractivity contribution in [2.24, 2.45) is 0 Å². The Morgan fingerprint density at radius 2 is 1.93 bits per heavy atom. The number of hydrogen-bond acceptors (Lipinski definition) is 4. The standard InChI is InChI=1S/C20H22Cl2N2O4S/c1-23(28-2)29(26,27)19-13-15(9-10-18(19)22)20(25)24-11-5-7-16(24)12-14-6-3-4-8-17(14)21/h3-4,6,8-10,13,16H,5,7,11-12H2,1-2H3. The molecule has 1 amide bonds. The van der Waals surface area contributed by atoms with E-state index >= 15 is 0 Å². The molecule has 9 heteroatoms. The van der Waals surface area contributed by atoms with Gasteiger partial charge in [-0.05, 0) is 49.1 Å². The van der Waals surface area contributed by atoms with Crippen LogP contribution in [0.3, 0.4) is 0 Å². The molecule has 29 heavy (non-hydrogen) atoms. The number of halogens is 2. The van der Waals surface area contributed by atoms with Crippen molar-refractivity contribution in [3.63, 3.8) is 0 Å². The molecule has 0 bridgehead atoms. The number of rotatable bonds is 6. The Morgan fingerprint density at radius 1 is 1.21 bits per heavy atom. The average molecular weight is 457 g/mol. The molecular weight excluding hydrogens is 435 g/mol. The third-order valence-corrected chi connectivity index (χ3v) is 7.63. The Kier molecular flexibility index (Phi) is 6.86. The molecule has 2 aromatic rings. The highest BCUT2D eigenvalue weighted by atomic mass is 35.5. The van der Waals surface area contributed by atoms with Crippen molar-refractivity contribution in [3.05, 3.63) is 63.6 Å². The predicted molar refractivity (Wildman–Crippen MR) is 113 cm³/mol. The van der Waals surface area contributed by atoms with Gasteiger partial charge in [0.2, 0.25) is 0 Å². The minimum atomic E-state index is -3.98. The lowest BCUT2D eigenvalue weighted by molar-refractivity contribution is -0.0258. The molecule has 1 fully saturated rings. The molecule has 0 radical (unpaired) electrons. The fourth-order valence-electron chi connectivity index (χ4n) is 3.47. The molecule has 1 unspecified atom stereocenters. The minimum Gasteiger partial charge on any atom is -0.335 e. The summed E-state index contributed by atoms with van der Waals surface area (Å²) in [7, 11) is -1.47. The fraction of sp³-hybridized carbons (Fsp3) is 0.350. The second kappa shape index (κ2) is 9.02. The van der Waals surface area contributed by atoms with Crippen molar-refractivity contribution in [3.8, 4) is 0 Å². The maximum absolute atomic E-state index is 13.2. The van der Waals surface area contributed by atoms with Crippen LogP contribution in [0, 0.1) is 0 Å². The number of benzene rings is 2. The first-order valence-electron chi connectivity index (χ1n) is 9.12. The maximum atomic E-state index is 13.2. The summed E-state index contributed by atoms with van der Waals surface area (Å²) in [4.78, 5) is 19.6. The van der Waals surface area contributed by atoms with Gasteiger partial charge < -0.3 is 4.90 Å². The maximum Gasteiger partial charge on any atom is 0.266 e. The number of sulfonamides is 1. The van der Waals surface area contributed by atoms with Crippen LogP contribution in [0.15, 0.2) is 47.4 Å². The van der Waals surface area contributed by atoms with E-state index in [1.54, 1.807) is 11.0 Å². The van der Waals surface area contributed by atoms with E-state index in [0.717, 1.165) is 18.4 Å². The summed E-state index contributed by atoms with van der Waals surface area (Å²) in [5, 5.41) is 0.703. The first-order valence-corrected chi connectivity index (χ1v) is 11.3. The van der Waals surface area contributed by atoms with Gasteiger partial charge in [0.25, 0.3) is 15.9 Å². The third kappa shape index (κ3) is 4.59. The molecule has 1 aliphatic heterocycles. The highest BCUT2D eigenvalue weighted by molar-refractivity contribution is 7.89. The van der Waals surface area contributed by atoms with E-state index in [4.69, 9.17) is 28.0 Å². The second-order valence-electron chi connectivity index (χ2n) is 6.83. The number of hydrogen-bond donors (Lipinski definition) is 0. The molecule has 0 spiro atoms. The van der Waals surface area contributed by atoms with Crippen molar-refractivity contribution in [2.75, 3.05) is 20.7 Å². The summed E-state index contributed by atoms with van der Waals surface area (Å²) in [6.45, 7) is 0.608. The normalized spacial score (nSPS) is 17.1. The quantitative estimate of drug-likeness (QED) is 0.615. The lowest BCUT2D eigenvalue weighted by Crippen LogP contribution is -2.37.